The van der Waals surface area contributed by atoms with Gasteiger partial charge in [0.05, 0.1) is 17.6 Å². The molecule has 6 rings (SSSR count). The molecule has 54 heavy (non-hydrogen) atoms. The maximum atomic E-state index is 13.4. The lowest BCUT2D eigenvalue weighted by molar-refractivity contribution is 0.00567. The minimum Gasteiger partial charge on any atom is -0.444 e. The normalized spacial score (nSPS) is 19.1. The van der Waals surface area contributed by atoms with Crippen LogP contribution in [0.3, 0.4) is 0 Å². The molecule has 0 spiro atoms. The number of ether oxygens (including phenoxy) is 3. The van der Waals surface area contributed by atoms with Crippen LogP contribution >= 0.6 is 0 Å². The Bertz CT molecular complexity index is 1850. The zero-order valence-electron chi connectivity index (χ0n) is 34.3. The van der Waals surface area contributed by atoms with Gasteiger partial charge in [-0.05, 0) is 71.5 Å². The molecular formula is C42H62N6O4Si2. The van der Waals surface area contributed by atoms with Gasteiger partial charge in [0.15, 0.2) is 5.65 Å². The van der Waals surface area contributed by atoms with Crippen LogP contribution in [0.1, 0.15) is 63.6 Å². The molecule has 4 aromatic rings. The van der Waals surface area contributed by atoms with Crippen molar-refractivity contribution < 1.29 is 19.0 Å². The lowest BCUT2D eigenvalue weighted by Gasteiger charge is -2.40. The van der Waals surface area contributed by atoms with E-state index in [9.17, 15) is 4.79 Å². The highest BCUT2D eigenvalue weighted by Crippen LogP contribution is 2.45. The Hall–Kier alpha value is -3.59. The summed E-state index contributed by atoms with van der Waals surface area (Å²) in [5.74, 6) is 1.12. The van der Waals surface area contributed by atoms with E-state index in [4.69, 9.17) is 29.3 Å². The van der Waals surface area contributed by atoms with Crippen molar-refractivity contribution in [3.8, 4) is 22.4 Å². The van der Waals surface area contributed by atoms with Crippen LogP contribution in [0.4, 0.5) is 10.6 Å². The number of rotatable bonds is 14. The first-order valence-electron chi connectivity index (χ1n) is 19.8. The number of aromatic nitrogens is 4. The summed E-state index contributed by atoms with van der Waals surface area (Å²) in [5.41, 5.74) is 6.28. The van der Waals surface area contributed by atoms with Crippen LogP contribution < -0.4 is 4.90 Å². The van der Waals surface area contributed by atoms with E-state index < -0.39 is 21.7 Å². The summed E-state index contributed by atoms with van der Waals surface area (Å²) < 4.78 is 20.7. The maximum Gasteiger partial charge on any atom is 0.410 e. The predicted molar refractivity (Wildman–Crippen MR) is 224 cm³/mol. The Balaban J connectivity index is 1.40. The molecule has 10 nitrogen and oxygen atoms in total. The third kappa shape index (κ3) is 9.79. The lowest BCUT2D eigenvalue weighted by Crippen LogP contribution is -2.48. The number of hydrogen-bond acceptors (Lipinski definition) is 8. The second-order valence-electron chi connectivity index (χ2n) is 18.7. The molecule has 2 unspecified atom stereocenters. The molecule has 292 valence electrons. The molecular weight excluding hydrogens is 709 g/mol. The fourth-order valence-corrected chi connectivity index (χ4v) is 9.17. The average molecular weight is 771 g/mol. The summed E-state index contributed by atoms with van der Waals surface area (Å²) in [6.45, 7) is 24.5. The van der Waals surface area contributed by atoms with Crippen LogP contribution in [-0.2, 0) is 14.2 Å². The number of nitrogens with zero attached hydrogens (tertiary/aromatic N) is 6. The Morgan fingerprint density at radius 1 is 0.852 bits per heavy atom. The Morgan fingerprint density at radius 2 is 1.46 bits per heavy atom. The molecule has 0 N–H and O–H groups in total. The van der Waals surface area contributed by atoms with Crippen molar-refractivity contribution >= 4 is 33.7 Å². The summed E-state index contributed by atoms with van der Waals surface area (Å²) in [5, 5.41) is 5.01. The van der Waals surface area contributed by atoms with Crippen LogP contribution in [0.5, 0.6) is 0 Å². The molecule has 1 amide bonds. The molecule has 5 heterocycles. The molecule has 0 radical (unpaired) electrons. The molecule has 2 aliphatic heterocycles. The van der Waals surface area contributed by atoms with Crippen LogP contribution in [-0.4, -0.2) is 91.1 Å². The van der Waals surface area contributed by atoms with Crippen molar-refractivity contribution in [3.63, 3.8) is 0 Å². The fourth-order valence-electron chi connectivity index (χ4n) is 7.66. The first-order valence-corrected chi connectivity index (χ1v) is 27.2. The van der Waals surface area contributed by atoms with Gasteiger partial charge in [0.1, 0.15) is 24.9 Å². The van der Waals surface area contributed by atoms with Crippen molar-refractivity contribution in [2.24, 2.45) is 0 Å². The summed E-state index contributed by atoms with van der Waals surface area (Å²) in [4.78, 5) is 28.0. The van der Waals surface area contributed by atoms with E-state index in [1.807, 2.05) is 60.8 Å². The minimum absolute atomic E-state index is 0.120. The van der Waals surface area contributed by atoms with Crippen molar-refractivity contribution in [3.05, 3.63) is 66.1 Å². The smallest absolute Gasteiger partial charge is 0.410 e. The number of benzene rings is 1. The number of fused-ring (bicyclic) bond motifs is 3. The van der Waals surface area contributed by atoms with Gasteiger partial charge in [-0.25, -0.2) is 9.78 Å². The van der Waals surface area contributed by atoms with Gasteiger partial charge >= 0.3 is 6.09 Å². The molecule has 3 aromatic heterocycles. The molecule has 0 aliphatic carbocycles. The van der Waals surface area contributed by atoms with E-state index in [0.717, 1.165) is 82.9 Å². The predicted octanol–water partition coefficient (Wildman–Crippen LogP) is 9.84. The monoisotopic (exact) mass is 770 g/mol. The van der Waals surface area contributed by atoms with Gasteiger partial charge < -0.3 is 24.0 Å². The van der Waals surface area contributed by atoms with E-state index in [0.29, 0.717) is 26.7 Å². The topological polar surface area (TPSA) is 94.3 Å². The zero-order chi connectivity index (χ0) is 38.8. The second-order valence-corrected chi connectivity index (χ2v) is 30.0. The van der Waals surface area contributed by atoms with Gasteiger partial charge in [-0.2, -0.15) is 9.61 Å². The number of pyridine rings is 1. The first-order chi connectivity index (χ1) is 25.5. The van der Waals surface area contributed by atoms with Gasteiger partial charge in [0.2, 0.25) is 0 Å². The SMILES string of the molecule is Cc1c(C2CC3CCC(C2)N3C(=O)OC(C)(C)C)nc2c(-c3ccc(-c4ccccc4)nc3)cnn2c1N(COCC[Si](C)(C)C)COCC[Si](C)(C)C. The van der Waals surface area contributed by atoms with Crippen molar-refractivity contribution in [1.29, 1.82) is 0 Å². The van der Waals surface area contributed by atoms with Crippen LogP contribution in [0.15, 0.2) is 54.9 Å². The molecule has 2 fully saturated rings. The molecule has 2 aliphatic rings. The summed E-state index contributed by atoms with van der Waals surface area (Å²) in [7, 11) is -2.56. The summed E-state index contributed by atoms with van der Waals surface area (Å²) in [6.07, 6.45) is 7.29. The van der Waals surface area contributed by atoms with E-state index in [1.54, 1.807) is 0 Å². The second kappa shape index (κ2) is 16.3. The summed E-state index contributed by atoms with van der Waals surface area (Å²) in [6, 6.07) is 16.8. The average Bonchev–Trinajstić information content (AvgIpc) is 3.63. The van der Waals surface area contributed by atoms with Crippen LogP contribution in [0.2, 0.25) is 51.4 Å². The molecule has 12 heteroatoms. The van der Waals surface area contributed by atoms with Crippen molar-refractivity contribution in [2.75, 3.05) is 31.6 Å². The molecule has 1 aromatic carbocycles. The largest absolute Gasteiger partial charge is 0.444 e. The van der Waals surface area contributed by atoms with Gasteiger partial charge in [-0.1, -0.05) is 75.7 Å². The van der Waals surface area contributed by atoms with E-state index >= 15 is 0 Å². The zero-order valence-corrected chi connectivity index (χ0v) is 36.3. The highest BCUT2D eigenvalue weighted by Gasteiger charge is 2.46. The molecule has 2 saturated heterocycles. The highest BCUT2D eigenvalue weighted by molar-refractivity contribution is 6.76. The van der Waals surface area contributed by atoms with Gasteiger partial charge in [-0.15, -0.1) is 0 Å². The van der Waals surface area contributed by atoms with Gasteiger partial charge in [0.25, 0.3) is 0 Å². The number of carbonyl (C=O) groups excluding carboxylic acids is 1. The molecule has 0 saturated carbocycles. The molecule has 2 bridgehead atoms. The van der Waals surface area contributed by atoms with Crippen molar-refractivity contribution in [1.82, 2.24) is 24.5 Å². The standard InChI is InChI=1S/C42H62N6O4Si2/c1-30-38(33-24-34-17-18-35(25-33)47(34)41(49)52-42(2,3)4)45-39-36(32-16-19-37(43-26-32)31-14-12-11-13-15-31)27-44-48(39)40(30)46(28-50-20-22-53(5,6)7)29-51-21-23-54(8,9)10/h11-16,19,26-27,33-35H,17-18,20-25,28-29H2,1-10H3. The summed E-state index contributed by atoms with van der Waals surface area (Å²) >= 11 is 0. The Morgan fingerprint density at radius 3 is 2.00 bits per heavy atom. The Kier molecular flexibility index (Phi) is 12.1. The highest BCUT2D eigenvalue weighted by atomic mass is 28.3. The van der Waals surface area contributed by atoms with Gasteiger partial charge in [0, 0.05) is 75.8 Å². The van der Waals surface area contributed by atoms with Crippen LogP contribution in [0.25, 0.3) is 28.0 Å². The van der Waals surface area contributed by atoms with E-state index in [-0.39, 0.29) is 24.1 Å². The quantitative estimate of drug-likeness (QED) is 0.0711. The number of piperidine rings is 1. The number of amides is 1. The third-order valence-electron chi connectivity index (χ3n) is 10.5. The fraction of sp³-hybridized carbons (Fsp3) is 0.571. The maximum absolute atomic E-state index is 13.4. The van der Waals surface area contributed by atoms with E-state index in [1.165, 1.54) is 0 Å². The number of carbonyl (C=O) groups is 1. The van der Waals surface area contributed by atoms with Crippen LogP contribution in [0, 0.1) is 6.92 Å². The number of anilines is 1. The third-order valence-corrected chi connectivity index (χ3v) is 14.0. The van der Waals surface area contributed by atoms with E-state index in [2.05, 4.69) is 75.4 Å². The number of hydrogen-bond donors (Lipinski definition) is 0. The van der Waals surface area contributed by atoms with Gasteiger partial charge in [-0.3, -0.25) is 4.98 Å². The van der Waals surface area contributed by atoms with Crippen molar-refractivity contribution in [2.45, 2.75) is 128 Å². The first kappa shape index (κ1) is 40.1. The molecule has 2 atom stereocenters. The Labute approximate surface area is 324 Å². The minimum atomic E-state index is -1.28. The lowest BCUT2D eigenvalue weighted by atomic mass is 9.86.